The summed E-state index contributed by atoms with van der Waals surface area (Å²) in [6.07, 6.45) is 2.31. The summed E-state index contributed by atoms with van der Waals surface area (Å²) >= 11 is 2.13. The van der Waals surface area contributed by atoms with Crippen LogP contribution >= 0.6 is 22.6 Å². The van der Waals surface area contributed by atoms with Gasteiger partial charge in [0.15, 0.2) is 0 Å². The minimum Gasteiger partial charge on any atom is -0.488 e. The van der Waals surface area contributed by atoms with Gasteiger partial charge in [-0.25, -0.2) is 4.79 Å². The van der Waals surface area contributed by atoms with Gasteiger partial charge >= 0.3 is 5.97 Å². The maximum Gasteiger partial charge on any atom is 0.335 e. The lowest BCUT2D eigenvalue weighted by molar-refractivity contribution is -0.112. The van der Waals surface area contributed by atoms with Gasteiger partial charge in [0.1, 0.15) is 24.0 Å². The molecule has 0 heterocycles. The van der Waals surface area contributed by atoms with Gasteiger partial charge in [0.05, 0.1) is 9.13 Å². The van der Waals surface area contributed by atoms with Crippen molar-refractivity contribution in [2.75, 3.05) is 5.32 Å². The smallest absolute Gasteiger partial charge is 0.335 e. The number of aryl methyl sites for hydroxylation is 1. The number of carbonyl (C=O) groups is 2. The van der Waals surface area contributed by atoms with Crippen molar-refractivity contribution >= 4 is 46.2 Å². The van der Waals surface area contributed by atoms with Gasteiger partial charge in [-0.15, -0.1) is 0 Å². The van der Waals surface area contributed by atoms with E-state index in [0.29, 0.717) is 17.0 Å². The summed E-state index contributed by atoms with van der Waals surface area (Å²) in [5, 5.41) is 21.3. The normalized spacial score (nSPS) is 10.9. The molecule has 0 saturated carbocycles. The molecule has 0 bridgehead atoms. The monoisotopic (exact) mass is 552 g/mol. The van der Waals surface area contributed by atoms with Crippen LogP contribution in [0.1, 0.15) is 34.0 Å². The number of hydrogen-bond acceptors (Lipinski definition) is 4. The molecule has 0 spiro atoms. The third-order valence-electron chi connectivity index (χ3n) is 4.87. The number of nitrogens with zero attached hydrogens (tertiary/aromatic N) is 1. The highest BCUT2D eigenvalue weighted by Crippen LogP contribution is 2.25. The lowest BCUT2D eigenvalue weighted by Crippen LogP contribution is -2.14. The Balaban J connectivity index is 1.70. The van der Waals surface area contributed by atoms with Crippen LogP contribution in [-0.2, 0) is 17.8 Å². The summed E-state index contributed by atoms with van der Waals surface area (Å²) in [4.78, 5) is 23.6. The standard InChI is InChI=1S/C26H21IN2O4/c1-2-19-5-3-4-6-23(19)29-25(30)21(15-28)13-18-9-12-24(22(27)14-18)33-16-17-7-10-20(11-8-17)26(31)32/h3-14H,2,16H2,1H3,(H,29,30)(H,31,32)/b21-13-. The molecule has 0 radical (unpaired) electrons. The molecule has 0 aliphatic rings. The van der Waals surface area contributed by atoms with Crippen LogP contribution in [0.15, 0.2) is 72.3 Å². The molecule has 0 aliphatic heterocycles. The molecule has 0 aromatic heterocycles. The Morgan fingerprint density at radius 2 is 1.85 bits per heavy atom. The van der Waals surface area contributed by atoms with E-state index in [1.807, 2.05) is 43.3 Å². The van der Waals surface area contributed by atoms with Crippen molar-refractivity contribution in [3.63, 3.8) is 0 Å². The fourth-order valence-corrected chi connectivity index (χ4v) is 3.78. The van der Waals surface area contributed by atoms with Gasteiger partial charge in [-0.05, 0) is 82.1 Å². The van der Waals surface area contributed by atoms with Crippen LogP contribution in [0.25, 0.3) is 6.08 Å². The molecule has 166 valence electrons. The van der Waals surface area contributed by atoms with Crippen LogP contribution in [0.2, 0.25) is 0 Å². The zero-order valence-corrected chi connectivity index (χ0v) is 20.0. The lowest BCUT2D eigenvalue weighted by Gasteiger charge is -2.10. The molecule has 0 saturated heterocycles. The molecular formula is C26H21IN2O4. The molecule has 0 unspecified atom stereocenters. The van der Waals surface area contributed by atoms with Crippen LogP contribution in [0.3, 0.4) is 0 Å². The van der Waals surface area contributed by atoms with Crippen molar-refractivity contribution in [1.82, 2.24) is 0 Å². The first-order valence-corrected chi connectivity index (χ1v) is 11.2. The predicted octanol–water partition coefficient (Wildman–Crippen LogP) is 5.68. The number of hydrogen-bond donors (Lipinski definition) is 2. The topological polar surface area (TPSA) is 99.4 Å². The number of nitrogens with one attached hydrogen (secondary N) is 1. The summed E-state index contributed by atoms with van der Waals surface area (Å²) in [7, 11) is 0. The molecular weight excluding hydrogens is 531 g/mol. The third kappa shape index (κ3) is 6.43. The zero-order chi connectivity index (χ0) is 23.8. The molecule has 0 atom stereocenters. The van der Waals surface area contributed by atoms with Crippen LogP contribution in [0, 0.1) is 14.9 Å². The van der Waals surface area contributed by atoms with E-state index >= 15 is 0 Å². The van der Waals surface area contributed by atoms with Crippen molar-refractivity contribution in [3.05, 3.63) is 98.1 Å². The quantitative estimate of drug-likeness (QED) is 0.213. The van der Waals surface area contributed by atoms with Gasteiger partial charge in [-0.2, -0.15) is 5.26 Å². The van der Waals surface area contributed by atoms with E-state index in [1.54, 1.807) is 30.3 Å². The van der Waals surface area contributed by atoms with Crippen LogP contribution in [0.4, 0.5) is 5.69 Å². The number of para-hydroxylation sites is 1. The van der Waals surface area contributed by atoms with Gasteiger partial charge in [-0.3, -0.25) is 4.79 Å². The molecule has 3 aromatic carbocycles. The number of rotatable bonds is 8. The summed E-state index contributed by atoms with van der Waals surface area (Å²) < 4.78 is 6.66. The average Bonchev–Trinajstić information content (AvgIpc) is 2.82. The molecule has 1 amide bonds. The summed E-state index contributed by atoms with van der Waals surface area (Å²) in [5.41, 5.74) is 3.46. The first-order chi connectivity index (χ1) is 15.9. The van der Waals surface area contributed by atoms with Crippen molar-refractivity contribution in [2.24, 2.45) is 0 Å². The Morgan fingerprint density at radius 3 is 2.48 bits per heavy atom. The molecule has 33 heavy (non-hydrogen) atoms. The Morgan fingerprint density at radius 1 is 1.12 bits per heavy atom. The number of anilines is 1. The highest BCUT2D eigenvalue weighted by atomic mass is 127. The molecule has 7 heteroatoms. The van der Waals surface area contributed by atoms with Gasteiger partial charge in [0.2, 0.25) is 0 Å². The first kappa shape index (κ1) is 24.0. The van der Waals surface area contributed by atoms with Crippen molar-refractivity contribution in [2.45, 2.75) is 20.0 Å². The van der Waals surface area contributed by atoms with E-state index in [4.69, 9.17) is 9.84 Å². The average molecular weight is 552 g/mol. The summed E-state index contributed by atoms with van der Waals surface area (Å²) in [5.74, 6) is -0.783. The third-order valence-corrected chi connectivity index (χ3v) is 5.72. The molecule has 6 nitrogen and oxygen atoms in total. The van der Waals surface area contributed by atoms with E-state index in [9.17, 15) is 14.9 Å². The number of ether oxygens (including phenoxy) is 1. The fourth-order valence-electron chi connectivity index (χ4n) is 3.08. The first-order valence-electron chi connectivity index (χ1n) is 10.2. The summed E-state index contributed by atoms with van der Waals surface area (Å²) in [6, 6.07) is 21.3. The fraction of sp³-hybridized carbons (Fsp3) is 0.115. The molecule has 2 N–H and O–H groups in total. The second-order valence-electron chi connectivity index (χ2n) is 7.12. The van der Waals surface area contributed by atoms with Crippen molar-refractivity contribution in [1.29, 1.82) is 5.26 Å². The van der Waals surface area contributed by atoms with Gasteiger partial charge in [0.25, 0.3) is 5.91 Å². The molecule has 0 aliphatic carbocycles. The number of carboxylic acids is 1. The zero-order valence-electron chi connectivity index (χ0n) is 17.8. The predicted molar refractivity (Wildman–Crippen MR) is 135 cm³/mol. The van der Waals surface area contributed by atoms with Crippen molar-refractivity contribution < 1.29 is 19.4 Å². The van der Waals surface area contributed by atoms with E-state index in [2.05, 4.69) is 27.9 Å². The highest BCUT2D eigenvalue weighted by molar-refractivity contribution is 14.1. The molecule has 0 fully saturated rings. The van der Waals surface area contributed by atoms with E-state index in [-0.39, 0.29) is 17.7 Å². The van der Waals surface area contributed by atoms with E-state index in [1.165, 1.54) is 12.1 Å². The minimum absolute atomic E-state index is 0.00361. The van der Waals surface area contributed by atoms with Gasteiger partial charge in [-0.1, -0.05) is 43.3 Å². The van der Waals surface area contributed by atoms with Gasteiger partial charge < -0.3 is 15.2 Å². The number of amides is 1. The largest absolute Gasteiger partial charge is 0.488 e. The number of aromatic carboxylic acids is 1. The number of benzene rings is 3. The maximum absolute atomic E-state index is 12.6. The maximum atomic E-state index is 12.6. The van der Waals surface area contributed by atoms with Crippen LogP contribution in [-0.4, -0.2) is 17.0 Å². The van der Waals surface area contributed by atoms with E-state index < -0.39 is 11.9 Å². The number of carbonyl (C=O) groups excluding carboxylic acids is 1. The second-order valence-corrected chi connectivity index (χ2v) is 8.28. The minimum atomic E-state index is -0.972. The lowest BCUT2D eigenvalue weighted by atomic mass is 10.1. The Labute approximate surface area is 205 Å². The Hall–Kier alpha value is -3.64. The van der Waals surface area contributed by atoms with Crippen LogP contribution < -0.4 is 10.1 Å². The number of carboxylic acid groups (broad SMARTS) is 1. The molecule has 3 rings (SSSR count). The number of nitriles is 1. The van der Waals surface area contributed by atoms with E-state index in [0.717, 1.165) is 21.1 Å². The highest BCUT2D eigenvalue weighted by Gasteiger charge is 2.12. The van der Waals surface area contributed by atoms with Gasteiger partial charge in [0, 0.05) is 5.69 Å². The van der Waals surface area contributed by atoms with Crippen molar-refractivity contribution in [3.8, 4) is 11.8 Å². The van der Waals surface area contributed by atoms with Crippen LogP contribution in [0.5, 0.6) is 5.75 Å². The SMILES string of the molecule is CCc1ccccc1NC(=O)/C(C#N)=C\c1ccc(OCc2ccc(C(=O)O)cc2)c(I)c1. The summed E-state index contributed by atoms with van der Waals surface area (Å²) in [6.45, 7) is 2.29. The second kappa shape index (κ2) is 11.3. The molecule has 3 aromatic rings. The Kier molecular flexibility index (Phi) is 8.22. The Bertz CT molecular complexity index is 1240. The number of halogens is 1.